The Balaban J connectivity index is 2.26. The first kappa shape index (κ1) is 16.0. The zero-order valence-corrected chi connectivity index (χ0v) is 14.7. The van der Waals surface area contributed by atoms with Gasteiger partial charge in [-0.25, -0.2) is 0 Å². The molecule has 1 amide bonds. The Bertz CT molecular complexity index is 495. The summed E-state index contributed by atoms with van der Waals surface area (Å²) in [6.45, 7) is 5.92. The van der Waals surface area contributed by atoms with Gasteiger partial charge in [-0.15, -0.1) is 0 Å². The third-order valence-electron chi connectivity index (χ3n) is 3.88. The van der Waals surface area contributed by atoms with Gasteiger partial charge in [0, 0.05) is 33.8 Å². The lowest BCUT2D eigenvalue weighted by Crippen LogP contribution is -2.58. The molecule has 0 spiro atoms. The van der Waals surface area contributed by atoms with E-state index in [2.05, 4.69) is 41.8 Å². The van der Waals surface area contributed by atoms with Crippen LogP contribution in [0.3, 0.4) is 0 Å². The Kier molecular flexibility index (Phi) is 5.69. The number of hydrogen-bond donors (Lipinski definition) is 1. The molecule has 5 heteroatoms. The average Bonchev–Trinajstić information content (AvgIpc) is 2.48. The molecule has 0 bridgehead atoms. The van der Waals surface area contributed by atoms with Crippen molar-refractivity contribution in [3.63, 3.8) is 0 Å². The van der Waals surface area contributed by atoms with Crippen molar-refractivity contribution in [2.45, 2.75) is 38.8 Å². The highest BCUT2D eigenvalue weighted by Gasteiger charge is 2.30. The van der Waals surface area contributed by atoms with Gasteiger partial charge in [-0.2, -0.15) is 0 Å². The van der Waals surface area contributed by atoms with Crippen LogP contribution in [0.1, 0.15) is 37.0 Å². The number of nitrogens with zero attached hydrogens (tertiary/aromatic N) is 1. The number of hydrogen-bond acceptors (Lipinski definition) is 2. The second-order valence-corrected chi connectivity index (χ2v) is 6.76. The van der Waals surface area contributed by atoms with Gasteiger partial charge in [0.05, 0.1) is 5.56 Å². The minimum atomic E-state index is 0.101. The summed E-state index contributed by atoms with van der Waals surface area (Å²) in [5.74, 6) is 0.101. The van der Waals surface area contributed by atoms with Crippen molar-refractivity contribution in [1.29, 1.82) is 0 Å². The number of benzene rings is 1. The number of nitrogens with one attached hydrogen (secondary N) is 1. The van der Waals surface area contributed by atoms with Gasteiger partial charge in [0.15, 0.2) is 0 Å². The van der Waals surface area contributed by atoms with E-state index in [1.54, 1.807) is 6.07 Å². The number of carbonyl (C=O) groups is 1. The second kappa shape index (κ2) is 7.09. The maximum Gasteiger partial charge on any atom is 0.255 e. The molecule has 1 fully saturated rings. The molecule has 0 radical (unpaired) electrons. The summed E-state index contributed by atoms with van der Waals surface area (Å²) in [4.78, 5) is 14.9. The Labute approximate surface area is 139 Å². The van der Waals surface area contributed by atoms with Crippen molar-refractivity contribution in [3.05, 3.63) is 32.4 Å². The molecule has 2 unspecified atom stereocenters. The third kappa shape index (κ3) is 3.46. The second-order valence-electron chi connectivity index (χ2n) is 5.16. The molecule has 1 aromatic rings. The van der Waals surface area contributed by atoms with E-state index in [1.807, 2.05) is 17.0 Å². The van der Waals surface area contributed by atoms with E-state index in [9.17, 15) is 4.79 Å². The van der Waals surface area contributed by atoms with Gasteiger partial charge in [0.25, 0.3) is 5.91 Å². The smallest absolute Gasteiger partial charge is 0.255 e. The van der Waals surface area contributed by atoms with Gasteiger partial charge in [-0.3, -0.25) is 4.79 Å². The van der Waals surface area contributed by atoms with Gasteiger partial charge in [0.1, 0.15) is 0 Å². The molecule has 0 aromatic heterocycles. The Morgan fingerprint density at radius 3 is 2.85 bits per heavy atom. The van der Waals surface area contributed by atoms with Gasteiger partial charge in [-0.05, 0) is 53.6 Å². The highest BCUT2D eigenvalue weighted by Crippen LogP contribution is 2.22. The molecule has 0 aliphatic carbocycles. The Morgan fingerprint density at radius 2 is 2.20 bits per heavy atom. The first-order chi connectivity index (χ1) is 9.56. The van der Waals surface area contributed by atoms with Crippen molar-refractivity contribution in [2.75, 3.05) is 13.1 Å². The molecule has 3 nitrogen and oxygen atoms in total. The summed E-state index contributed by atoms with van der Waals surface area (Å²) >= 11 is 8.24. The lowest BCUT2D eigenvalue weighted by Gasteiger charge is -2.40. The van der Waals surface area contributed by atoms with Gasteiger partial charge in [0.2, 0.25) is 0 Å². The van der Waals surface area contributed by atoms with Gasteiger partial charge in [-0.1, -0.05) is 25.4 Å². The molecule has 1 N–H and O–H groups in total. The lowest BCUT2D eigenvalue weighted by atomic mass is 10.0. The van der Waals surface area contributed by atoms with E-state index in [4.69, 9.17) is 11.6 Å². The van der Waals surface area contributed by atoms with E-state index in [0.717, 1.165) is 29.5 Å². The lowest BCUT2D eigenvalue weighted by molar-refractivity contribution is 0.0575. The minimum Gasteiger partial charge on any atom is -0.333 e. The summed E-state index contributed by atoms with van der Waals surface area (Å²) in [6, 6.07) is 6.15. The number of amides is 1. The molecule has 1 heterocycles. The standard InChI is InChI=1S/C15H20ClIN2O/c1-3-11-9-19(12(4-2)8-18-11)15(20)13-7-10(16)5-6-14(13)17/h5-7,11-12,18H,3-4,8-9H2,1-2H3. The number of piperazine rings is 1. The van der Waals surface area contributed by atoms with Crippen LogP contribution >= 0.6 is 34.2 Å². The predicted octanol–water partition coefficient (Wildman–Crippen LogP) is 3.55. The molecule has 2 rings (SSSR count). The van der Waals surface area contributed by atoms with Crippen LogP contribution in [0.2, 0.25) is 5.02 Å². The molecule has 20 heavy (non-hydrogen) atoms. The summed E-state index contributed by atoms with van der Waals surface area (Å²) in [5.41, 5.74) is 0.716. The highest BCUT2D eigenvalue weighted by atomic mass is 127. The third-order valence-corrected chi connectivity index (χ3v) is 5.06. The van der Waals surface area contributed by atoms with Crippen molar-refractivity contribution >= 4 is 40.1 Å². The zero-order chi connectivity index (χ0) is 14.7. The normalized spacial score (nSPS) is 22.9. The van der Waals surface area contributed by atoms with Gasteiger partial charge >= 0.3 is 0 Å². The predicted molar refractivity (Wildman–Crippen MR) is 91.4 cm³/mol. The molecule has 2 atom stereocenters. The van der Waals surface area contributed by atoms with Crippen LogP contribution in [0.15, 0.2) is 18.2 Å². The van der Waals surface area contributed by atoms with Crippen molar-refractivity contribution in [2.24, 2.45) is 0 Å². The summed E-state index contributed by atoms with van der Waals surface area (Å²) in [5, 5.41) is 4.13. The molecule has 1 aromatic carbocycles. The van der Waals surface area contributed by atoms with Crippen LogP contribution in [0.5, 0.6) is 0 Å². The van der Waals surface area contributed by atoms with Crippen LogP contribution in [0.4, 0.5) is 0 Å². The minimum absolute atomic E-state index is 0.101. The van der Waals surface area contributed by atoms with Crippen molar-refractivity contribution in [1.82, 2.24) is 10.2 Å². The number of carbonyl (C=O) groups excluding carboxylic acids is 1. The maximum absolute atomic E-state index is 12.8. The summed E-state index contributed by atoms with van der Waals surface area (Å²) < 4.78 is 0.957. The molecule has 1 aliphatic heterocycles. The van der Waals surface area contributed by atoms with E-state index in [0.29, 0.717) is 16.6 Å². The molecule has 0 saturated carbocycles. The zero-order valence-electron chi connectivity index (χ0n) is 11.8. The fourth-order valence-corrected chi connectivity index (χ4v) is 3.31. The largest absolute Gasteiger partial charge is 0.333 e. The van der Waals surface area contributed by atoms with E-state index >= 15 is 0 Å². The van der Waals surface area contributed by atoms with Crippen molar-refractivity contribution < 1.29 is 4.79 Å². The van der Waals surface area contributed by atoms with Crippen LogP contribution in [-0.4, -0.2) is 36.0 Å². The SMILES string of the molecule is CCC1CN(C(=O)c2cc(Cl)ccc2I)C(CC)CN1. The highest BCUT2D eigenvalue weighted by molar-refractivity contribution is 14.1. The number of rotatable bonds is 3. The van der Waals surface area contributed by atoms with Crippen LogP contribution < -0.4 is 5.32 Å². The van der Waals surface area contributed by atoms with E-state index in [-0.39, 0.29) is 11.9 Å². The molecular weight excluding hydrogens is 387 g/mol. The molecule has 110 valence electrons. The van der Waals surface area contributed by atoms with Crippen molar-refractivity contribution in [3.8, 4) is 0 Å². The van der Waals surface area contributed by atoms with Gasteiger partial charge < -0.3 is 10.2 Å². The first-order valence-corrected chi connectivity index (χ1v) is 8.51. The van der Waals surface area contributed by atoms with E-state index < -0.39 is 0 Å². The van der Waals surface area contributed by atoms with Crippen LogP contribution in [0.25, 0.3) is 0 Å². The maximum atomic E-state index is 12.8. The molecule has 1 saturated heterocycles. The Morgan fingerprint density at radius 1 is 1.45 bits per heavy atom. The summed E-state index contributed by atoms with van der Waals surface area (Å²) in [6.07, 6.45) is 2.00. The molecule has 1 aliphatic rings. The van der Waals surface area contributed by atoms with Crippen LogP contribution in [0, 0.1) is 3.57 Å². The topological polar surface area (TPSA) is 32.3 Å². The summed E-state index contributed by atoms with van der Waals surface area (Å²) in [7, 11) is 0. The monoisotopic (exact) mass is 406 g/mol. The average molecular weight is 407 g/mol. The quantitative estimate of drug-likeness (QED) is 0.779. The number of halogens is 2. The van der Waals surface area contributed by atoms with E-state index in [1.165, 1.54) is 0 Å². The van der Waals surface area contributed by atoms with Crippen LogP contribution in [-0.2, 0) is 0 Å². The Hall–Kier alpha value is -0.330. The fraction of sp³-hybridized carbons (Fsp3) is 0.533. The fourth-order valence-electron chi connectivity index (χ4n) is 2.57. The first-order valence-electron chi connectivity index (χ1n) is 7.06. The molecular formula is C15H20ClIN2O.